The van der Waals surface area contributed by atoms with Crippen LogP contribution in [-0.4, -0.2) is 40.9 Å². The van der Waals surface area contributed by atoms with Gasteiger partial charge in [0.2, 0.25) is 5.95 Å². The molecular formula is C21H31N7O3. The molecular weight excluding hydrogens is 398 g/mol. The minimum atomic E-state index is -0.521. The van der Waals surface area contributed by atoms with Crippen LogP contribution in [0.1, 0.15) is 40.0 Å². The number of carbonyl (C=O) groups excluding carboxylic acids is 1. The van der Waals surface area contributed by atoms with Crippen molar-refractivity contribution in [3.05, 3.63) is 30.5 Å². The lowest BCUT2D eigenvalue weighted by molar-refractivity contribution is 0.0505. The first-order chi connectivity index (χ1) is 14.6. The standard InChI is InChI=1S/C21H31N7O3/c1-21(2,3)31-20(29)26-14-6-5-13(11-14)25-19-24-12-17(22)18(27-19)28(23)15-7-9-16(30-4)10-8-15/h7-10,12-14H,5-6,11,22-23H2,1-4H3,(H,26,29)(H,24,25,27). The smallest absolute Gasteiger partial charge is 0.407 e. The Labute approximate surface area is 182 Å². The van der Waals surface area contributed by atoms with Crippen LogP contribution in [-0.2, 0) is 4.74 Å². The molecule has 1 aromatic carbocycles. The number of ether oxygens (including phenoxy) is 2. The van der Waals surface area contributed by atoms with E-state index in [0.717, 1.165) is 25.0 Å². The predicted molar refractivity (Wildman–Crippen MR) is 120 cm³/mol. The van der Waals surface area contributed by atoms with Crippen molar-refractivity contribution in [3.63, 3.8) is 0 Å². The molecule has 1 aromatic heterocycles. The molecule has 0 aliphatic heterocycles. The molecule has 1 fully saturated rings. The Kier molecular flexibility index (Phi) is 6.69. The Hall–Kier alpha value is -3.27. The highest BCUT2D eigenvalue weighted by molar-refractivity contribution is 5.70. The third-order valence-corrected chi connectivity index (χ3v) is 4.86. The van der Waals surface area contributed by atoms with E-state index in [-0.39, 0.29) is 12.1 Å². The molecule has 0 saturated heterocycles. The molecule has 10 nitrogen and oxygen atoms in total. The lowest BCUT2D eigenvalue weighted by Crippen LogP contribution is -2.38. The number of benzene rings is 1. The molecule has 2 aromatic rings. The van der Waals surface area contributed by atoms with E-state index in [1.54, 1.807) is 7.11 Å². The average molecular weight is 430 g/mol. The molecule has 31 heavy (non-hydrogen) atoms. The van der Waals surface area contributed by atoms with E-state index in [4.69, 9.17) is 21.1 Å². The van der Waals surface area contributed by atoms with Gasteiger partial charge in [0.1, 0.15) is 11.4 Å². The summed E-state index contributed by atoms with van der Waals surface area (Å²) in [5, 5.41) is 7.64. The first-order valence-corrected chi connectivity index (χ1v) is 10.2. The van der Waals surface area contributed by atoms with Crippen molar-refractivity contribution in [2.45, 2.75) is 57.7 Å². The van der Waals surface area contributed by atoms with Crippen LogP contribution in [0.25, 0.3) is 0 Å². The Morgan fingerprint density at radius 2 is 1.87 bits per heavy atom. The maximum Gasteiger partial charge on any atom is 0.407 e. The molecule has 1 aliphatic carbocycles. The number of amides is 1. The molecule has 1 aliphatic rings. The van der Waals surface area contributed by atoms with Crippen molar-refractivity contribution in [3.8, 4) is 5.75 Å². The monoisotopic (exact) mass is 429 g/mol. The van der Waals surface area contributed by atoms with Crippen molar-refractivity contribution < 1.29 is 14.3 Å². The van der Waals surface area contributed by atoms with Gasteiger partial charge in [-0.15, -0.1) is 0 Å². The van der Waals surface area contributed by atoms with Crippen LogP contribution in [0.4, 0.5) is 27.9 Å². The second-order valence-corrected chi connectivity index (χ2v) is 8.54. The molecule has 0 bridgehead atoms. The first kappa shape index (κ1) is 22.4. The van der Waals surface area contributed by atoms with Gasteiger partial charge in [-0.05, 0) is 64.3 Å². The number of hydrogen-bond donors (Lipinski definition) is 4. The van der Waals surface area contributed by atoms with E-state index >= 15 is 0 Å². The molecule has 2 unspecified atom stereocenters. The number of anilines is 4. The van der Waals surface area contributed by atoms with Gasteiger partial charge in [-0.3, -0.25) is 5.01 Å². The summed E-state index contributed by atoms with van der Waals surface area (Å²) in [5.74, 6) is 7.79. The summed E-state index contributed by atoms with van der Waals surface area (Å²) in [6.45, 7) is 5.52. The molecule has 0 radical (unpaired) electrons. The highest BCUT2D eigenvalue weighted by Crippen LogP contribution is 2.28. The second-order valence-electron chi connectivity index (χ2n) is 8.54. The van der Waals surface area contributed by atoms with Gasteiger partial charge in [0, 0.05) is 12.1 Å². The summed E-state index contributed by atoms with van der Waals surface area (Å²) in [5.41, 5.74) is 6.61. The Morgan fingerprint density at radius 1 is 1.19 bits per heavy atom. The summed E-state index contributed by atoms with van der Waals surface area (Å²) in [6, 6.07) is 7.40. The zero-order valence-electron chi connectivity index (χ0n) is 18.4. The van der Waals surface area contributed by atoms with E-state index in [9.17, 15) is 4.79 Å². The number of nitrogens with zero attached hydrogens (tertiary/aromatic N) is 3. The SMILES string of the molecule is COc1ccc(N(N)c2nc(NC3CCC(NC(=O)OC(C)(C)C)C3)ncc2N)cc1. The molecule has 1 heterocycles. The van der Waals surface area contributed by atoms with Gasteiger partial charge in [0.15, 0.2) is 5.82 Å². The number of nitrogens with one attached hydrogen (secondary N) is 2. The third kappa shape index (κ3) is 6.11. The van der Waals surface area contributed by atoms with Gasteiger partial charge >= 0.3 is 6.09 Å². The Morgan fingerprint density at radius 3 is 2.52 bits per heavy atom. The summed E-state index contributed by atoms with van der Waals surface area (Å²) in [6.07, 6.45) is 3.58. The van der Waals surface area contributed by atoms with Gasteiger partial charge in [-0.1, -0.05) is 0 Å². The van der Waals surface area contributed by atoms with Crippen molar-refractivity contribution in [2.24, 2.45) is 5.84 Å². The van der Waals surface area contributed by atoms with E-state index in [0.29, 0.717) is 23.1 Å². The lowest BCUT2D eigenvalue weighted by atomic mass is 10.2. The van der Waals surface area contributed by atoms with Gasteiger partial charge in [-0.25, -0.2) is 15.6 Å². The fourth-order valence-electron chi connectivity index (χ4n) is 3.41. The summed E-state index contributed by atoms with van der Waals surface area (Å²) >= 11 is 0. The number of methoxy groups -OCH3 is 1. The van der Waals surface area contributed by atoms with Crippen LogP contribution in [0, 0.1) is 0 Å². The zero-order chi connectivity index (χ0) is 22.6. The third-order valence-electron chi connectivity index (χ3n) is 4.86. The summed E-state index contributed by atoms with van der Waals surface area (Å²) < 4.78 is 10.5. The van der Waals surface area contributed by atoms with Gasteiger partial charge in [-0.2, -0.15) is 4.98 Å². The Bertz CT molecular complexity index is 899. The van der Waals surface area contributed by atoms with E-state index in [1.807, 2.05) is 45.0 Å². The van der Waals surface area contributed by atoms with Crippen molar-refractivity contribution in [1.82, 2.24) is 15.3 Å². The van der Waals surface area contributed by atoms with Gasteiger partial charge < -0.3 is 25.8 Å². The molecule has 3 rings (SSSR count). The van der Waals surface area contributed by atoms with Crippen molar-refractivity contribution in [1.29, 1.82) is 0 Å². The van der Waals surface area contributed by atoms with Crippen molar-refractivity contribution >= 4 is 29.2 Å². The van der Waals surface area contributed by atoms with Crippen LogP contribution in [0.3, 0.4) is 0 Å². The first-order valence-electron chi connectivity index (χ1n) is 10.2. The molecule has 10 heteroatoms. The maximum atomic E-state index is 12.0. The highest BCUT2D eigenvalue weighted by Gasteiger charge is 2.28. The van der Waals surface area contributed by atoms with E-state index in [1.165, 1.54) is 11.2 Å². The average Bonchev–Trinajstić information content (AvgIpc) is 3.14. The zero-order valence-corrected chi connectivity index (χ0v) is 18.4. The maximum absolute atomic E-state index is 12.0. The largest absolute Gasteiger partial charge is 0.497 e. The summed E-state index contributed by atoms with van der Waals surface area (Å²) in [4.78, 5) is 20.8. The molecule has 1 amide bonds. The molecule has 6 N–H and O–H groups in total. The van der Waals surface area contributed by atoms with Crippen LogP contribution >= 0.6 is 0 Å². The second kappa shape index (κ2) is 9.25. The number of hydrazine groups is 1. The number of hydrogen-bond acceptors (Lipinski definition) is 9. The normalized spacial score (nSPS) is 18.4. The van der Waals surface area contributed by atoms with Crippen LogP contribution < -0.4 is 32.0 Å². The number of alkyl carbamates (subject to hydrolysis) is 1. The minimum absolute atomic E-state index is 0.0332. The minimum Gasteiger partial charge on any atom is -0.497 e. The number of nitrogens with two attached hydrogens (primary N) is 2. The molecule has 1 saturated carbocycles. The van der Waals surface area contributed by atoms with Gasteiger partial charge in [0.25, 0.3) is 0 Å². The van der Waals surface area contributed by atoms with E-state index < -0.39 is 11.7 Å². The topological polar surface area (TPSA) is 141 Å². The Balaban J connectivity index is 1.62. The number of nitrogen functional groups attached to an aromatic ring is 1. The summed E-state index contributed by atoms with van der Waals surface area (Å²) in [7, 11) is 1.60. The van der Waals surface area contributed by atoms with Crippen LogP contribution in [0.2, 0.25) is 0 Å². The quantitative estimate of drug-likeness (QED) is 0.403. The van der Waals surface area contributed by atoms with Crippen LogP contribution in [0.15, 0.2) is 30.5 Å². The van der Waals surface area contributed by atoms with Crippen molar-refractivity contribution in [2.75, 3.05) is 23.2 Å². The highest BCUT2D eigenvalue weighted by atomic mass is 16.6. The fourth-order valence-corrected chi connectivity index (χ4v) is 3.41. The van der Waals surface area contributed by atoms with E-state index in [2.05, 4.69) is 20.6 Å². The molecule has 2 atom stereocenters. The number of carbonyl (C=O) groups is 1. The van der Waals surface area contributed by atoms with Gasteiger partial charge in [0.05, 0.1) is 24.7 Å². The number of rotatable bonds is 6. The molecule has 0 spiro atoms. The number of aromatic nitrogens is 2. The predicted octanol–water partition coefficient (Wildman–Crippen LogP) is 2.94. The molecule has 168 valence electrons. The van der Waals surface area contributed by atoms with Crippen LogP contribution in [0.5, 0.6) is 5.75 Å². The lowest BCUT2D eigenvalue weighted by Gasteiger charge is -2.22. The fraction of sp³-hybridized carbons (Fsp3) is 0.476.